The highest BCUT2D eigenvalue weighted by molar-refractivity contribution is 5.71. The minimum absolute atomic E-state index is 0.711. The maximum Gasteiger partial charge on any atom is 0.119 e. The SMILES string of the molecule is COc1ccc2c(c1)C(CCN)=CCC2. The normalized spacial score (nSPS) is 14.4. The first kappa shape index (κ1) is 10.2. The van der Waals surface area contributed by atoms with E-state index in [1.165, 1.54) is 16.7 Å². The van der Waals surface area contributed by atoms with E-state index < -0.39 is 0 Å². The molecule has 0 radical (unpaired) electrons. The molecule has 2 heteroatoms. The number of hydrogen-bond donors (Lipinski definition) is 1. The molecule has 1 aliphatic carbocycles. The van der Waals surface area contributed by atoms with Crippen molar-refractivity contribution >= 4 is 5.57 Å². The first-order valence-electron chi connectivity index (χ1n) is 5.41. The minimum atomic E-state index is 0.711. The quantitative estimate of drug-likeness (QED) is 0.818. The lowest BCUT2D eigenvalue weighted by atomic mass is 9.89. The van der Waals surface area contributed by atoms with Gasteiger partial charge in [-0.2, -0.15) is 0 Å². The van der Waals surface area contributed by atoms with Gasteiger partial charge in [0.2, 0.25) is 0 Å². The van der Waals surface area contributed by atoms with Crippen molar-refractivity contribution < 1.29 is 4.74 Å². The van der Waals surface area contributed by atoms with Gasteiger partial charge >= 0.3 is 0 Å². The van der Waals surface area contributed by atoms with Gasteiger partial charge in [0.05, 0.1) is 7.11 Å². The summed E-state index contributed by atoms with van der Waals surface area (Å²) in [4.78, 5) is 0. The molecule has 2 N–H and O–H groups in total. The van der Waals surface area contributed by atoms with Gasteiger partial charge in [-0.25, -0.2) is 0 Å². The summed E-state index contributed by atoms with van der Waals surface area (Å²) in [6, 6.07) is 6.32. The van der Waals surface area contributed by atoms with Gasteiger partial charge in [0, 0.05) is 0 Å². The van der Waals surface area contributed by atoms with Crippen LogP contribution in [0.1, 0.15) is 24.0 Å². The molecule has 0 atom stereocenters. The second-order valence-electron chi connectivity index (χ2n) is 3.83. The number of methoxy groups -OCH3 is 1. The van der Waals surface area contributed by atoms with Gasteiger partial charge in [-0.15, -0.1) is 0 Å². The topological polar surface area (TPSA) is 35.2 Å². The van der Waals surface area contributed by atoms with E-state index in [1.807, 2.05) is 6.07 Å². The van der Waals surface area contributed by atoms with Crippen LogP contribution in [-0.4, -0.2) is 13.7 Å². The summed E-state index contributed by atoms with van der Waals surface area (Å²) in [7, 11) is 1.71. The van der Waals surface area contributed by atoms with E-state index in [2.05, 4.69) is 18.2 Å². The molecule has 80 valence electrons. The number of allylic oxidation sites excluding steroid dienone is 1. The number of nitrogens with two attached hydrogens (primary N) is 1. The number of ether oxygens (including phenoxy) is 1. The second-order valence-corrected chi connectivity index (χ2v) is 3.83. The Balaban J connectivity index is 2.38. The molecule has 1 aromatic rings. The Labute approximate surface area is 90.7 Å². The van der Waals surface area contributed by atoms with Gasteiger partial charge in [0.15, 0.2) is 0 Å². The van der Waals surface area contributed by atoms with E-state index in [0.29, 0.717) is 6.54 Å². The van der Waals surface area contributed by atoms with Crippen LogP contribution in [0.3, 0.4) is 0 Å². The van der Waals surface area contributed by atoms with E-state index in [9.17, 15) is 0 Å². The van der Waals surface area contributed by atoms with Crippen molar-refractivity contribution in [3.8, 4) is 5.75 Å². The van der Waals surface area contributed by atoms with E-state index >= 15 is 0 Å². The fraction of sp³-hybridized carbons (Fsp3) is 0.385. The third kappa shape index (κ3) is 2.05. The van der Waals surface area contributed by atoms with Crippen LogP contribution in [0.15, 0.2) is 24.3 Å². The van der Waals surface area contributed by atoms with Crippen molar-refractivity contribution in [3.05, 3.63) is 35.4 Å². The van der Waals surface area contributed by atoms with Crippen molar-refractivity contribution in [2.75, 3.05) is 13.7 Å². The molecule has 1 aromatic carbocycles. The maximum atomic E-state index is 5.61. The fourth-order valence-corrected chi connectivity index (χ4v) is 2.10. The van der Waals surface area contributed by atoms with E-state index in [4.69, 9.17) is 10.5 Å². The number of benzene rings is 1. The largest absolute Gasteiger partial charge is 0.497 e. The van der Waals surface area contributed by atoms with Crippen molar-refractivity contribution in [3.63, 3.8) is 0 Å². The van der Waals surface area contributed by atoms with Crippen LogP contribution < -0.4 is 10.5 Å². The highest BCUT2D eigenvalue weighted by atomic mass is 16.5. The average molecular weight is 203 g/mol. The molecule has 0 heterocycles. The first-order chi connectivity index (χ1) is 7.35. The summed E-state index contributed by atoms with van der Waals surface area (Å²) in [6.45, 7) is 0.711. The van der Waals surface area contributed by atoms with E-state index in [-0.39, 0.29) is 0 Å². The molecule has 1 aliphatic rings. The van der Waals surface area contributed by atoms with Gasteiger partial charge < -0.3 is 10.5 Å². The standard InChI is InChI=1S/C13H17NO/c1-15-12-6-5-10-3-2-4-11(7-8-14)13(10)9-12/h4-6,9H,2-3,7-8,14H2,1H3. The zero-order valence-corrected chi connectivity index (χ0v) is 9.12. The van der Waals surface area contributed by atoms with E-state index in [1.54, 1.807) is 7.11 Å². The molecule has 0 unspecified atom stereocenters. The third-order valence-corrected chi connectivity index (χ3v) is 2.88. The molecule has 0 fully saturated rings. The Hall–Kier alpha value is -1.28. The molecule has 0 saturated heterocycles. The molecule has 15 heavy (non-hydrogen) atoms. The maximum absolute atomic E-state index is 5.61. The van der Waals surface area contributed by atoms with Crippen molar-refractivity contribution in [2.45, 2.75) is 19.3 Å². The van der Waals surface area contributed by atoms with Crippen LogP contribution >= 0.6 is 0 Å². The summed E-state index contributed by atoms with van der Waals surface area (Å²) < 4.78 is 5.25. The van der Waals surface area contributed by atoms with Crippen LogP contribution in [-0.2, 0) is 6.42 Å². The summed E-state index contributed by atoms with van der Waals surface area (Å²) in [5.74, 6) is 0.929. The number of fused-ring (bicyclic) bond motifs is 1. The van der Waals surface area contributed by atoms with Crippen LogP contribution in [0.4, 0.5) is 0 Å². The monoisotopic (exact) mass is 203 g/mol. The van der Waals surface area contributed by atoms with Crippen molar-refractivity contribution in [2.24, 2.45) is 5.73 Å². The molecule has 0 spiro atoms. The Kier molecular flexibility index (Phi) is 3.07. The molecule has 0 amide bonds. The molecule has 2 rings (SSSR count). The zero-order valence-electron chi connectivity index (χ0n) is 9.12. The molecule has 2 nitrogen and oxygen atoms in total. The number of rotatable bonds is 3. The summed E-state index contributed by atoms with van der Waals surface area (Å²) in [6.07, 6.45) is 5.52. The first-order valence-corrected chi connectivity index (χ1v) is 5.41. The van der Waals surface area contributed by atoms with Crippen LogP contribution in [0, 0.1) is 0 Å². The Morgan fingerprint density at radius 3 is 3.00 bits per heavy atom. The second kappa shape index (κ2) is 4.49. The molecule has 0 saturated carbocycles. The van der Waals surface area contributed by atoms with Crippen molar-refractivity contribution in [1.82, 2.24) is 0 Å². The van der Waals surface area contributed by atoms with Gasteiger partial charge in [0.25, 0.3) is 0 Å². The molecular formula is C13H17NO. The summed E-state index contributed by atoms with van der Waals surface area (Å²) >= 11 is 0. The smallest absolute Gasteiger partial charge is 0.119 e. The highest BCUT2D eigenvalue weighted by Gasteiger charge is 2.12. The Morgan fingerprint density at radius 1 is 1.40 bits per heavy atom. The molecular weight excluding hydrogens is 186 g/mol. The van der Waals surface area contributed by atoms with Crippen LogP contribution in [0.25, 0.3) is 5.57 Å². The summed E-state index contributed by atoms with van der Waals surface area (Å²) in [5.41, 5.74) is 9.73. The van der Waals surface area contributed by atoms with Gasteiger partial charge in [-0.1, -0.05) is 12.1 Å². The van der Waals surface area contributed by atoms with E-state index in [0.717, 1.165) is 25.0 Å². The Morgan fingerprint density at radius 2 is 2.27 bits per heavy atom. The summed E-state index contributed by atoms with van der Waals surface area (Å²) in [5, 5.41) is 0. The van der Waals surface area contributed by atoms with Gasteiger partial charge in [0.1, 0.15) is 5.75 Å². The zero-order chi connectivity index (χ0) is 10.7. The predicted octanol–water partition coefficient (Wildman–Crippen LogP) is 2.37. The van der Waals surface area contributed by atoms with Crippen LogP contribution in [0.5, 0.6) is 5.75 Å². The Bertz CT molecular complexity index is 382. The van der Waals surface area contributed by atoms with Crippen molar-refractivity contribution in [1.29, 1.82) is 0 Å². The molecule has 0 aromatic heterocycles. The number of hydrogen-bond acceptors (Lipinski definition) is 2. The van der Waals surface area contributed by atoms with Gasteiger partial charge in [-0.05, 0) is 54.6 Å². The fourth-order valence-electron chi connectivity index (χ4n) is 2.10. The van der Waals surface area contributed by atoms with Crippen LogP contribution in [0.2, 0.25) is 0 Å². The van der Waals surface area contributed by atoms with Gasteiger partial charge in [-0.3, -0.25) is 0 Å². The lowest BCUT2D eigenvalue weighted by Crippen LogP contribution is -2.05. The minimum Gasteiger partial charge on any atom is -0.497 e. The lowest BCUT2D eigenvalue weighted by molar-refractivity contribution is 0.414. The number of aryl methyl sites for hydroxylation is 1. The lowest BCUT2D eigenvalue weighted by Gasteiger charge is -2.18. The predicted molar refractivity (Wildman–Crippen MR) is 63.0 cm³/mol. The molecule has 0 bridgehead atoms. The highest BCUT2D eigenvalue weighted by Crippen LogP contribution is 2.31. The average Bonchev–Trinajstić information content (AvgIpc) is 2.29. The third-order valence-electron chi connectivity index (χ3n) is 2.88. The molecule has 0 aliphatic heterocycles.